The molecule has 0 radical (unpaired) electrons. The smallest absolute Gasteiger partial charge is 0.227 e. The molecule has 168 valence electrons. The van der Waals surface area contributed by atoms with Crippen LogP contribution >= 0.6 is 11.6 Å². The molecule has 33 heavy (non-hydrogen) atoms. The number of hydrogen-bond donors (Lipinski definition) is 1. The monoisotopic (exact) mass is 462 g/mol. The van der Waals surface area contributed by atoms with Crippen LogP contribution in [-0.2, 0) is 24.2 Å². The number of anilines is 1. The van der Waals surface area contributed by atoms with Crippen LogP contribution in [0.2, 0.25) is 5.02 Å². The van der Waals surface area contributed by atoms with Crippen LogP contribution in [0.3, 0.4) is 0 Å². The molecule has 2 aromatic carbocycles. The molecule has 1 N–H and O–H groups in total. The van der Waals surface area contributed by atoms with Crippen molar-refractivity contribution in [3.05, 3.63) is 65.3 Å². The van der Waals surface area contributed by atoms with Gasteiger partial charge in [0.05, 0.1) is 0 Å². The number of benzene rings is 2. The van der Waals surface area contributed by atoms with Gasteiger partial charge in [-0.05, 0) is 49.2 Å². The van der Waals surface area contributed by atoms with E-state index in [0.717, 1.165) is 54.3 Å². The standard InChI is InChI=1S/C24H23ClN6O2/c25-18-10-8-16(9-11-18)23-27-22(33-30-23)13-12-21(32)26-19-6-4-5-17(15-19)24-29-28-20-7-2-1-3-14-31(20)24/h4-6,8-11,15H,1-3,7,12-14H2,(H,26,32). The van der Waals surface area contributed by atoms with Crippen LogP contribution in [0.5, 0.6) is 0 Å². The fourth-order valence-electron chi connectivity index (χ4n) is 3.95. The van der Waals surface area contributed by atoms with Crippen LogP contribution in [0.1, 0.15) is 37.4 Å². The molecule has 0 unspecified atom stereocenters. The van der Waals surface area contributed by atoms with Gasteiger partial charge in [0, 0.05) is 47.6 Å². The first-order valence-corrected chi connectivity index (χ1v) is 11.4. The molecule has 9 heteroatoms. The zero-order valence-corrected chi connectivity index (χ0v) is 18.8. The summed E-state index contributed by atoms with van der Waals surface area (Å²) in [6.45, 7) is 0.927. The molecule has 0 aliphatic carbocycles. The molecule has 1 aliphatic heterocycles. The van der Waals surface area contributed by atoms with Crippen molar-refractivity contribution in [3.63, 3.8) is 0 Å². The molecule has 0 fully saturated rings. The number of aromatic nitrogens is 5. The van der Waals surface area contributed by atoms with Crippen molar-refractivity contribution in [1.82, 2.24) is 24.9 Å². The summed E-state index contributed by atoms with van der Waals surface area (Å²) in [5, 5.41) is 16.3. The molecule has 0 atom stereocenters. The number of nitrogens with zero attached hydrogens (tertiary/aromatic N) is 5. The van der Waals surface area contributed by atoms with Crippen molar-refractivity contribution >= 4 is 23.2 Å². The van der Waals surface area contributed by atoms with Crippen molar-refractivity contribution in [2.75, 3.05) is 5.32 Å². The first-order chi connectivity index (χ1) is 16.2. The van der Waals surface area contributed by atoms with Gasteiger partial charge in [-0.3, -0.25) is 4.79 Å². The Balaban J connectivity index is 1.22. The van der Waals surface area contributed by atoms with Crippen LogP contribution in [-0.4, -0.2) is 30.8 Å². The van der Waals surface area contributed by atoms with Crippen LogP contribution < -0.4 is 5.32 Å². The highest BCUT2D eigenvalue weighted by Gasteiger charge is 2.17. The van der Waals surface area contributed by atoms with E-state index in [1.54, 1.807) is 12.1 Å². The van der Waals surface area contributed by atoms with Gasteiger partial charge >= 0.3 is 0 Å². The summed E-state index contributed by atoms with van der Waals surface area (Å²) >= 11 is 5.92. The highest BCUT2D eigenvalue weighted by molar-refractivity contribution is 6.30. The third-order valence-electron chi connectivity index (χ3n) is 5.65. The molecule has 1 amide bonds. The van der Waals surface area contributed by atoms with Crippen molar-refractivity contribution in [2.45, 2.75) is 45.1 Å². The molecular weight excluding hydrogens is 440 g/mol. The number of rotatable bonds is 6. The largest absolute Gasteiger partial charge is 0.339 e. The number of aryl methyl sites for hydroxylation is 2. The molecule has 0 saturated carbocycles. The first-order valence-electron chi connectivity index (χ1n) is 11.1. The SMILES string of the molecule is O=C(CCc1nc(-c2ccc(Cl)cc2)no1)Nc1cccc(-c2nnc3n2CCCCC3)c1. The van der Waals surface area contributed by atoms with Gasteiger partial charge in [0.25, 0.3) is 0 Å². The Morgan fingerprint density at radius 3 is 2.82 bits per heavy atom. The average molecular weight is 463 g/mol. The van der Waals surface area contributed by atoms with Gasteiger partial charge in [0.15, 0.2) is 5.82 Å². The number of halogens is 1. The molecule has 0 spiro atoms. The molecule has 0 saturated heterocycles. The predicted molar refractivity (Wildman–Crippen MR) is 125 cm³/mol. The summed E-state index contributed by atoms with van der Waals surface area (Å²) in [4.78, 5) is 16.9. The van der Waals surface area contributed by atoms with E-state index in [1.165, 1.54) is 6.42 Å². The van der Waals surface area contributed by atoms with Crippen LogP contribution in [0, 0.1) is 0 Å². The molecule has 8 nitrogen and oxygen atoms in total. The van der Waals surface area contributed by atoms with Gasteiger partial charge < -0.3 is 14.4 Å². The predicted octanol–water partition coefficient (Wildman–Crippen LogP) is 4.95. The third-order valence-corrected chi connectivity index (χ3v) is 5.90. The third kappa shape index (κ3) is 4.96. The molecule has 4 aromatic rings. The topological polar surface area (TPSA) is 98.7 Å². The maximum atomic E-state index is 12.5. The lowest BCUT2D eigenvalue weighted by molar-refractivity contribution is -0.116. The first kappa shape index (κ1) is 21.3. The van der Waals surface area contributed by atoms with Crippen molar-refractivity contribution < 1.29 is 9.32 Å². The van der Waals surface area contributed by atoms with Crippen LogP contribution in [0.25, 0.3) is 22.8 Å². The number of nitrogens with one attached hydrogen (secondary N) is 1. The fraction of sp³-hybridized carbons (Fsp3) is 0.292. The maximum Gasteiger partial charge on any atom is 0.227 e. The summed E-state index contributed by atoms with van der Waals surface area (Å²) < 4.78 is 7.49. The van der Waals surface area contributed by atoms with Gasteiger partial charge in [-0.2, -0.15) is 4.98 Å². The number of amides is 1. The van der Waals surface area contributed by atoms with Crippen molar-refractivity contribution in [1.29, 1.82) is 0 Å². The highest BCUT2D eigenvalue weighted by atomic mass is 35.5. The Morgan fingerprint density at radius 2 is 1.94 bits per heavy atom. The normalized spacial score (nSPS) is 13.4. The quantitative estimate of drug-likeness (QED) is 0.435. The van der Waals surface area contributed by atoms with E-state index < -0.39 is 0 Å². The van der Waals surface area contributed by atoms with E-state index in [-0.39, 0.29) is 12.3 Å². The van der Waals surface area contributed by atoms with E-state index in [1.807, 2.05) is 36.4 Å². The van der Waals surface area contributed by atoms with Gasteiger partial charge in [0.2, 0.25) is 17.6 Å². The Hall–Kier alpha value is -3.52. The summed E-state index contributed by atoms with van der Waals surface area (Å²) in [5.74, 6) is 2.65. The fourth-order valence-corrected chi connectivity index (χ4v) is 4.08. The second-order valence-corrected chi connectivity index (χ2v) is 8.49. The minimum atomic E-state index is -0.126. The Labute approximate surface area is 196 Å². The van der Waals surface area contributed by atoms with Crippen molar-refractivity contribution in [3.8, 4) is 22.8 Å². The van der Waals surface area contributed by atoms with Gasteiger partial charge in [-0.15, -0.1) is 10.2 Å². The van der Waals surface area contributed by atoms with Crippen LogP contribution in [0.15, 0.2) is 53.1 Å². The Bertz CT molecular complexity index is 1260. The molecule has 2 aromatic heterocycles. The van der Waals surface area contributed by atoms with E-state index in [9.17, 15) is 4.79 Å². The van der Waals surface area contributed by atoms with E-state index in [4.69, 9.17) is 16.1 Å². The van der Waals surface area contributed by atoms with Gasteiger partial charge in [-0.1, -0.05) is 35.3 Å². The molecule has 3 heterocycles. The summed E-state index contributed by atoms with van der Waals surface area (Å²) in [6, 6.07) is 14.9. The van der Waals surface area contributed by atoms with Gasteiger partial charge in [0.1, 0.15) is 5.82 Å². The van der Waals surface area contributed by atoms with E-state index >= 15 is 0 Å². The van der Waals surface area contributed by atoms with Gasteiger partial charge in [-0.25, -0.2) is 0 Å². The highest BCUT2D eigenvalue weighted by Crippen LogP contribution is 2.25. The minimum absolute atomic E-state index is 0.126. The lowest BCUT2D eigenvalue weighted by atomic mass is 10.1. The Kier molecular flexibility index (Phi) is 6.17. The van der Waals surface area contributed by atoms with E-state index in [0.29, 0.717) is 23.2 Å². The minimum Gasteiger partial charge on any atom is -0.339 e. The lowest BCUT2D eigenvalue weighted by Crippen LogP contribution is -2.12. The zero-order valence-electron chi connectivity index (χ0n) is 18.0. The lowest BCUT2D eigenvalue weighted by Gasteiger charge is -2.09. The zero-order chi connectivity index (χ0) is 22.6. The summed E-state index contributed by atoms with van der Waals surface area (Å²) in [5.41, 5.74) is 2.47. The number of carbonyl (C=O) groups excluding carboxylic acids is 1. The van der Waals surface area contributed by atoms with Crippen LogP contribution in [0.4, 0.5) is 5.69 Å². The number of fused-ring (bicyclic) bond motifs is 1. The average Bonchev–Trinajstić information content (AvgIpc) is 3.39. The summed E-state index contributed by atoms with van der Waals surface area (Å²) in [6.07, 6.45) is 5.02. The van der Waals surface area contributed by atoms with Crippen molar-refractivity contribution in [2.24, 2.45) is 0 Å². The summed E-state index contributed by atoms with van der Waals surface area (Å²) in [7, 11) is 0. The second-order valence-electron chi connectivity index (χ2n) is 8.05. The molecular formula is C24H23ClN6O2. The Morgan fingerprint density at radius 1 is 1.06 bits per heavy atom. The second kappa shape index (κ2) is 9.54. The molecule has 5 rings (SSSR count). The maximum absolute atomic E-state index is 12.5. The number of hydrogen-bond acceptors (Lipinski definition) is 6. The number of carbonyl (C=O) groups is 1. The van der Waals surface area contributed by atoms with E-state index in [2.05, 4.69) is 30.2 Å². The molecule has 1 aliphatic rings. The molecule has 0 bridgehead atoms.